The van der Waals surface area contributed by atoms with E-state index in [2.05, 4.69) is 5.32 Å². The summed E-state index contributed by atoms with van der Waals surface area (Å²) >= 11 is 14.5. The van der Waals surface area contributed by atoms with Crippen molar-refractivity contribution in [2.24, 2.45) is 0 Å². The van der Waals surface area contributed by atoms with Gasteiger partial charge in [-0.15, -0.1) is 11.3 Å². The second-order valence-corrected chi connectivity index (χ2v) is 9.19. The van der Waals surface area contributed by atoms with Crippen molar-refractivity contribution in [3.8, 4) is 0 Å². The SMILES string of the molecule is Cc1ccc(F)cc1C(=O)Nc1cc(Cl)c(C(=O)N2CCCCc3sccc32)c(Cl)c1. The Morgan fingerprint density at radius 2 is 1.84 bits per heavy atom. The molecule has 0 saturated carbocycles. The van der Waals surface area contributed by atoms with Crippen molar-refractivity contribution < 1.29 is 14.0 Å². The highest BCUT2D eigenvalue weighted by Gasteiger charge is 2.27. The van der Waals surface area contributed by atoms with Crippen LogP contribution in [0.2, 0.25) is 10.0 Å². The molecule has 2 aromatic carbocycles. The fourth-order valence-electron chi connectivity index (χ4n) is 3.67. The summed E-state index contributed by atoms with van der Waals surface area (Å²) in [6, 6.07) is 8.91. The molecule has 0 aliphatic carbocycles. The summed E-state index contributed by atoms with van der Waals surface area (Å²) in [6.45, 7) is 2.31. The zero-order chi connectivity index (χ0) is 22.1. The van der Waals surface area contributed by atoms with Gasteiger partial charge < -0.3 is 10.2 Å². The molecule has 3 aromatic rings. The van der Waals surface area contributed by atoms with Crippen LogP contribution >= 0.6 is 34.5 Å². The molecule has 0 spiro atoms. The number of carbonyl (C=O) groups is 2. The fraction of sp³-hybridized carbons (Fsp3) is 0.217. The standard InChI is InChI=1S/C23H19Cl2FN2O2S/c1-13-5-6-14(26)10-16(13)22(29)27-15-11-17(24)21(18(25)12-15)23(30)28-8-3-2-4-20-19(28)7-9-31-20/h5-7,9-12H,2-4,8H2,1H3,(H,27,29). The third-order valence-corrected chi connectivity index (χ3v) is 6.82. The van der Waals surface area contributed by atoms with Gasteiger partial charge in [0, 0.05) is 22.7 Å². The van der Waals surface area contributed by atoms with Crippen molar-refractivity contribution in [3.05, 3.63) is 79.2 Å². The van der Waals surface area contributed by atoms with Gasteiger partial charge in [0.15, 0.2) is 0 Å². The van der Waals surface area contributed by atoms with E-state index >= 15 is 0 Å². The number of hydrogen-bond acceptors (Lipinski definition) is 3. The lowest BCUT2D eigenvalue weighted by atomic mass is 10.1. The number of aryl methyl sites for hydroxylation is 2. The summed E-state index contributed by atoms with van der Waals surface area (Å²) in [5.41, 5.74) is 2.27. The second-order valence-electron chi connectivity index (χ2n) is 7.37. The molecule has 2 amide bonds. The number of hydrogen-bond donors (Lipinski definition) is 1. The first kappa shape index (κ1) is 21.8. The lowest BCUT2D eigenvalue weighted by Gasteiger charge is -2.22. The Morgan fingerprint density at radius 1 is 1.10 bits per heavy atom. The first-order valence-electron chi connectivity index (χ1n) is 9.80. The van der Waals surface area contributed by atoms with Crippen LogP contribution in [-0.2, 0) is 6.42 Å². The molecule has 0 atom stereocenters. The average Bonchev–Trinajstić information content (AvgIpc) is 3.08. The minimum Gasteiger partial charge on any atom is -0.322 e. The molecule has 0 bridgehead atoms. The number of halogens is 3. The Balaban J connectivity index is 1.61. The second kappa shape index (κ2) is 8.99. The Kier molecular flexibility index (Phi) is 6.32. The maximum atomic E-state index is 13.5. The zero-order valence-electron chi connectivity index (χ0n) is 16.7. The van der Waals surface area contributed by atoms with E-state index in [0.717, 1.165) is 24.9 Å². The summed E-state index contributed by atoms with van der Waals surface area (Å²) in [5.74, 6) is -1.26. The molecular weight excluding hydrogens is 458 g/mol. The summed E-state index contributed by atoms with van der Waals surface area (Å²) < 4.78 is 13.5. The van der Waals surface area contributed by atoms with E-state index in [1.807, 2.05) is 11.4 Å². The Hall–Kier alpha value is -2.41. The number of benzene rings is 2. The number of rotatable bonds is 3. The van der Waals surface area contributed by atoms with Crippen LogP contribution in [0.5, 0.6) is 0 Å². The topological polar surface area (TPSA) is 49.4 Å². The average molecular weight is 477 g/mol. The zero-order valence-corrected chi connectivity index (χ0v) is 19.0. The quantitative estimate of drug-likeness (QED) is 0.454. The first-order valence-corrected chi connectivity index (χ1v) is 11.4. The van der Waals surface area contributed by atoms with Crippen molar-refractivity contribution in [1.82, 2.24) is 0 Å². The maximum Gasteiger partial charge on any atom is 0.261 e. The van der Waals surface area contributed by atoms with Crippen LogP contribution in [-0.4, -0.2) is 18.4 Å². The lowest BCUT2D eigenvalue weighted by molar-refractivity contribution is 0.0986. The Bertz CT molecular complexity index is 1160. The van der Waals surface area contributed by atoms with Crippen LogP contribution in [0.4, 0.5) is 15.8 Å². The van der Waals surface area contributed by atoms with Crippen LogP contribution < -0.4 is 10.2 Å². The number of carbonyl (C=O) groups excluding carboxylic acids is 2. The number of thiophene rings is 1. The van der Waals surface area contributed by atoms with Gasteiger partial charge in [0.2, 0.25) is 0 Å². The summed E-state index contributed by atoms with van der Waals surface area (Å²) in [7, 11) is 0. The number of nitrogens with one attached hydrogen (secondary N) is 1. The largest absolute Gasteiger partial charge is 0.322 e. The lowest BCUT2D eigenvalue weighted by Crippen LogP contribution is -2.32. The van der Waals surface area contributed by atoms with Crippen LogP contribution in [0.3, 0.4) is 0 Å². The van der Waals surface area contributed by atoms with Crippen molar-refractivity contribution in [2.45, 2.75) is 26.2 Å². The fourth-order valence-corrected chi connectivity index (χ4v) is 5.24. The van der Waals surface area contributed by atoms with Crippen LogP contribution in [0.1, 0.15) is 44.0 Å². The molecule has 31 heavy (non-hydrogen) atoms. The maximum absolute atomic E-state index is 13.5. The molecule has 0 unspecified atom stereocenters. The summed E-state index contributed by atoms with van der Waals surface area (Å²) in [6.07, 6.45) is 2.86. The monoisotopic (exact) mass is 476 g/mol. The first-order chi connectivity index (χ1) is 14.8. The van der Waals surface area contributed by atoms with E-state index in [0.29, 0.717) is 17.8 Å². The van der Waals surface area contributed by atoms with Crippen molar-refractivity contribution >= 4 is 57.7 Å². The molecule has 0 saturated heterocycles. The van der Waals surface area contributed by atoms with Crippen LogP contribution in [0, 0.1) is 12.7 Å². The molecule has 1 N–H and O–H groups in total. The third-order valence-electron chi connectivity index (χ3n) is 5.25. The van der Waals surface area contributed by atoms with E-state index in [9.17, 15) is 14.0 Å². The van der Waals surface area contributed by atoms with Crippen molar-refractivity contribution in [2.75, 3.05) is 16.8 Å². The number of amides is 2. The van der Waals surface area contributed by atoms with Gasteiger partial charge in [-0.3, -0.25) is 9.59 Å². The smallest absolute Gasteiger partial charge is 0.261 e. The number of anilines is 2. The van der Waals surface area contributed by atoms with Crippen LogP contribution in [0.25, 0.3) is 0 Å². The highest BCUT2D eigenvalue weighted by Crippen LogP contribution is 2.36. The molecule has 0 fully saturated rings. The van der Waals surface area contributed by atoms with E-state index in [4.69, 9.17) is 23.2 Å². The normalized spacial score (nSPS) is 13.5. The van der Waals surface area contributed by atoms with Gasteiger partial charge in [-0.2, -0.15) is 0 Å². The molecule has 8 heteroatoms. The van der Waals surface area contributed by atoms with Crippen molar-refractivity contribution in [3.63, 3.8) is 0 Å². The third kappa shape index (κ3) is 4.47. The Morgan fingerprint density at radius 3 is 2.58 bits per heavy atom. The van der Waals surface area contributed by atoms with Gasteiger partial charge in [0.1, 0.15) is 5.82 Å². The molecule has 4 nitrogen and oxygen atoms in total. The molecule has 1 aromatic heterocycles. The van der Waals surface area contributed by atoms with Gasteiger partial charge in [-0.1, -0.05) is 29.3 Å². The van der Waals surface area contributed by atoms with E-state index < -0.39 is 11.7 Å². The highest BCUT2D eigenvalue weighted by molar-refractivity contribution is 7.10. The van der Waals surface area contributed by atoms with Gasteiger partial charge in [-0.25, -0.2) is 4.39 Å². The highest BCUT2D eigenvalue weighted by atomic mass is 35.5. The molecule has 1 aliphatic heterocycles. The molecule has 1 aliphatic rings. The molecule has 4 rings (SSSR count). The predicted molar refractivity (Wildman–Crippen MR) is 124 cm³/mol. The minimum absolute atomic E-state index is 0.143. The predicted octanol–water partition coefficient (Wildman–Crippen LogP) is 6.74. The van der Waals surface area contributed by atoms with Gasteiger partial charge >= 0.3 is 0 Å². The molecule has 160 valence electrons. The van der Waals surface area contributed by atoms with Crippen molar-refractivity contribution in [1.29, 1.82) is 0 Å². The minimum atomic E-state index is -0.502. The molecule has 2 heterocycles. The number of nitrogens with zero attached hydrogens (tertiary/aromatic N) is 1. The van der Waals surface area contributed by atoms with E-state index in [-0.39, 0.29) is 27.1 Å². The summed E-state index contributed by atoms with van der Waals surface area (Å²) in [4.78, 5) is 28.8. The van der Waals surface area contributed by atoms with E-state index in [1.54, 1.807) is 23.2 Å². The van der Waals surface area contributed by atoms with E-state index in [1.165, 1.54) is 35.2 Å². The molecular formula is C23H19Cl2FN2O2S. The van der Waals surface area contributed by atoms with Gasteiger partial charge in [0.05, 0.1) is 21.3 Å². The van der Waals surface area contributed by atoms with Crippen LogP contribution in [0.15, 0.2) is 41.8 Å². The number of fused-ring (bicyclic) bond motifs is 1. The Labute approximate surface area is 193 Å². The molecule has 0 radical (unpaired) electrons. The summed E-state index contributed by atoms with van der Waals surface area (Å²) in [5, 5.41) is 4.94. The van der Waals surface area contributed by atoms with Gasteiger partial charge in [0.25, 0.3) is 11.8 Å². The van der Waals surface area contributed by atoms with Gasteiger partial charge in [-0.05, 0) is 67.5 Å².